The van der Waals surface area contributed by atoms with Gasteiger partial charge in [0.25, 0.3) is 0 Å². The van der Waals surface area contributed by atoms with E-state index >= 15 is 0 Å². The zero-order chi connectivity index (χ0) is 14.0. The Labute approximate surface area is 106 Å². The zero-order valence-corrected chi connectivity index (χ0v) is 9.97. The van der Waals surface area contributed by atoms with E-state index in [-0.39, 0.29) is 24.8 Å². The molecule has 0 amide bonds. The molecule has 2 rings (SSSR count). The molecular formula is C10H13F3N4O2. The fourth-order valence-electron chi connectivity index (χ4n) is 1.80. The molecule has 1 fully saturated rings. The lowest BCUT2D eigenvalue weighted by atomic mass is 10.4. The van der Waals surface area contributed by atoms with Crippen LogP contribution in [0.5, 0.6) is 0 Å². The first-order chi connectivity index (χ1) is 8.85. The minimum Gasteiger partial charge on any atom is -0.476 e. The molecule has 1 heterocycles. The monoisotopic (exact) mass is 278 g/mol. The molecule has 1 aliphatic rings. The van der Waals surface area contributed by atoms with Crippen molar-refractivity contribution in [2.75, 3.05) is 13.1 Å². The lowest BCUT2D eigenvalue weighted by Crippen LogP contribution is -2.38. The van der Waals surface area contributed by atoms with Crippen molar-refractivity contribution in [1.29, 1.82) is 0 Å². The highest BCUT2D eigenvalue weighted by molar-refractivity contribution is 5.84. The van der Waals surface area contributed by atoms with E-state index in [1.165, 1.54) is 15.8 Å². The van der Waals surface area contributed by atoms with E-state index in [0.717, 1.165) is 12.8 Å². The Hall–Kier alpha value is -1.64. The molecule has 0 bridgehead atoms. The summed E-state index contributed by atoms with van der Waals surface area (Å²) in [6, 6.07) is -0.0240. The molecule has 1 aromatic heterocycles. The molecule has 0 unspecified atom stereocenters. The Kier molecular flexibility index (Phi) is 3.74. The van der Waals surface area contributed by atoms with Gasteiger partial charge in [0.05, 0.1) is 19.3 Å². The average molecular weight is 278 g/mol. The van der Waals surface area contributed by atoms with Gasteiger partial charge in [-0.2, -0.15) is 13.2 Å². The second kappa shape index (κ2) is 5.16. The van der Waals surface area contributed by atoms with E-state index in [1.807, 2.05) is 0 Å². The highest BCUT2D eigenvalue weighted by atomic mass is 19.4. The topological polar surface area (TPSA) is 71.2 Å². The van der Waals surface area contributed by atoms with Crippen LogP contribution in [0.15, 0.2) is 6.20 Å². The molecule has 1 aromatic rings. The summed E-state index contributed by atoms with van der Waals surface area (Å²) in [7, 11) is 0. The molecule has 0 aromatic carbocycles. The molecule has 1 aliphatic carbocycles. The van der Waals surface area contributed by atoms with Crippen molar-refractivity contribution in [2.45, 2.75) is 31.6 Å². The lowest BCUT2D eigenvalue weighted by Gasteiger charge is -2.22. The van der Waals surface area contributed by atoms with Gasteiger partial charge in [0.15, 0.2) is 5.69 Å². The Morgan fingerprint density at radius 3 is 2.68 bits per heavy atom. The fraction of sp³-hybridized carbons (Fsp3) is 0.700. The van der Waals surface area contributed by atoms with Gasteiger partial charge in [-0.3, -0.25) is 9.58 Å². The number of rotatable bonds is 6. The Bertz CT molecular complexity index is 456. The van der Waals surface area contributed by atoms with E-state index in [9.17, 15) is 18.0 Å². The predicted molar refractivity (Wildman–Crippen MR) is 57.6 cm³/mol. The van der Waals surface area contributed by atoms with Crippen LogP contribution in [0.25, 0.3) is 0 Å². The van der Waals surface area contributed by atoms with Gasteiger partial charge in [-0.1, -0.05) is 5.21 Å². The number of alkyl halides is 3. The Morgan fingerprint density at radius 1 is 1.53 bits per heavy atom. The minimum atomic E-state index is -4.23. The second-order valence-corrected chi connectivity index (χ2v) is 4.49. The standard InChI is InChI=1S/C10H13F3N4O2/c11-10(12,13)6-16(7-1-2-7)3-4-17-5-8(9(18)19)14-15-17/h5,7H,1-4,6H2,(H,18,19). The molecule has 0 aliphatic heterocycles. The SMILES string of the molecule is O=C(O)c1cn(CCN(CC(F)(F)F)C2CC2)nn1. The lowest BCUT2D eigenvalue weighted by molar-refractivity contribution is -0.147. The van der Waals surface area contributed by atoms with Crippen molar-refractivity contribution in [1.82, 2.24) is 19.9 Å². The highest BCUT2D eigenvalue weighted by Gasteiger charge is 2.37. The van der Waals surface area contributed by atoms with Crippen molar-refractivity contribution >= 4 is 5.97 Å². The number of hydrogen-bond acceptors (Lipinski definition) is 4. The third-order valence-corrected chi connectivity index (χ3v) is 2.82. The zero-order valence-electron chi connectivity index (χ0n) is 9.97. The first-order valence-electron chi connectivity index (χ1n) is 5.79. The normalized spacial score (nSPS) is 16.0. The Morgan fingerprint density at radius 2 is 2.21 bits per heavy atom. The van der Waals surface area contributed by atoms with Gasteiger partial charge in [0.2, 0.25) is 0 Å². The van der Waals surface area contributed by atoms with Crippen LogP contribution in [0.4, 0.5) is 13.2 Å². The van der Waals surface area contributed by atoms with Gasteiger partial charge in [0, 0.05) is 12.6 Å². The average Bonchev–Trinajstić information content (AvgIpc) is 3.01. The first-order valence-corrected chi connectivity index (χ1v) is 5.79. The summed E-state index contributed by atoms with van der Waals surface area (Å²) in [4.78, 5) is 11.9. The molecule has 0 atom stereocenters. The summed E-state index contributed by atoms with van der Waals surface area (Å²) < 4.78 is 38.4. The molecule has 0 saturated heterocycles. The second-order valence-electron chi connectivity index (χ2n) is 4.49. The molecule has 1 saturated carbocycles. The Balaban J connectivity index is 1.89. The van der Waals surface area contributed by atoms with Crippen LogP contribution < -0.4 is 0 Å². The van der Waals surface area contributed by atoms with E-state index in [0.29, 0.717) is 0 Å². The number of hydrogen-bond donors (Lipinski definition) is 1. The van der Waals surface area contributed by atoms with E-state index < -0.39 is 18.7 Å². The number of aromatic nitrogens is 3. The molecule has 1 N–H and O–H groups in total. The number of carboxylic acids is 1. The molecule has 6 nitrogen and oxygen atoms in total. The summed E-state index contributed by atoms with van der Waals surface area (Å²) in [5.74, 6) is -1.21. The van der Waals surface area contributed by atoms with Crippen molar-refractivity contribution < 1.29 is 23.1 Å². The van der Waals surface area contributed by atoms with E-state index in [4.69, 9.17) is 5.11 Å². The number of halogens is 3. The van der Waals surface area contributed by atoms with Crippen LogP contribution >= 0.6 is 0 Å². The number of carbonyl (C=O) groups is 1. The largest absolute Gasteiger partial charge is 0.476 e. The molecule has 106 valence electrons. The van der Waals surface area contributed by atoms with Gasteiger partial charge in [-0.25, -0.2) is 4.79 Å². The van der Waals surface area contributed by atoms with Crippen LogP contribution in [-0.4, -0.2) is 56.3 Å². The third kappa shape index (κ3) is 4.19. The van der Waals surface area contributed by atoms with Gasteiger partial charge >= 0.3 is 12.1 Å². The molecule has 9 heteroatoms. The van der Waals surface area contributed by atoms with Crippen molar-refractivity contribution in [3.05, 3.63) is 11.9 Å². The fourth-order valence-corrected chi connectivity index (χ4v) is 1.80. The van der Waals surface area contributed by atoms with Crippen LogP contribution in [0.3, 0.4) is 0 Å². The number of carboxylic acid groups (broad SMARTS) is 1. The maximum absolute atomic E-state index is 12.4. The maximum atomic E-state index is 12.4. The number of nitrogens with zero attached hydrogens (tertiary/aromatic N) is 4. The van der Waals surface area contributed by atoms with E-state index in [1.54, 1.807) is 0 Å². The van der Waals surface area contributed by atoms with Gasteiger partial charge in [0.1, 0.15) is 0 Å². The van der Waals surface area contributed by atoms with Crippen LogP contribution in [0.1, 0.15) is 23.3 Å². The van der Waals surface area contributed by atoms with Crippen LogP contribution in [0, 0.1) is 0 Å². The molecule has 0 spiro atoms. The van der Waals surface area contributed by atoms with Crippen LogP contribution in [0.2, 0.25) is 0 Å². The summed E-state index contributed by atoms with van der Waals surface area (Å²) in [5, 5.41) is 15.6. The van der Waals surface area contributed by atoms with Crippen molar-refractivity contribution in [3.8, 4) is 0 Å². The van der Waals surface area contributed by atoms with Gasteiger partial charge < -0.3 is 5.11 Å². The maximum Gasteiger partial charge on any atom is 0.401 e. The predicted octanol–water partition coefficient (Wildman–Crippen LogP) is 1.00. The van der Waals surface area contributed by atoms with Gasteiger partial charge in [-0.15, -0.1) is 5.10 Å². The third-order valence-electron chi connectivity index (χ3n) is 2.82. The van der Waals surface area contributed by atoms with Crippen molar-refractivity contribution in [3.63, 3.8) is 0 Å². The highest BCUT2D eigenvalue weighted by Crippen LogP contribution is 2.29. The van der Waals surface area contributed by atoms with E-state index in [2.05, 4.69) is 10.3 Å². The van der Waals surface area contributed by atoms with Crippen molar-refractivity contribution in [2.24, 2.45) is 0 Å². The number of aromatic carboxylic acids is 1. The minimum absolute atomic E-state index is 0.0240. The van der Waals surface area contributed by atoms with Crippen LogP contribution in [-0.2, 0) is 6.54 Å². The summed E-state index contributed by atoms with van der Waals surface area (Å²) in [5.41, 5.74) is -0.214. The smallest absolute Gasteiger partial charge is 0.401 e. The first kappa shape index (κ1) is 13.8. The van der Waals surface area contributed by atoms with Gasteiger partial charge in [-0.05, 0) is 12.8 Å². The summed E-state index contributed by atoms with van der Waals surface area (Å²) in [6.07, 6.45) is -1.47. The quantitative estimate of drug-likeness (QED) is 0.840. The molecule has 0 radical (unpaired) electrons. The molecule has 19 heavy (non-hydrogen) atoms. The summed E-state index contributed by atoms with van der Waals surface area (Å²) >= 11 is 0. The molecular weight excluding hydrogens is 265 g/mol. The summed E-state index contributed by atoms with van der Waals surface area (Å²) in [6.45, 7) is -0.586.